The first-order valence-electron chi connectivity index (χ1n) is 17.2. The molecule has 0 aliphatic rings. The molecule has 51 heavy (non-hydrogen) atoms. The molecule has 1 rings (SSSR count). The number of esters is 1. The van der Waals surface area contributed by atoms with Crippen molar-refractivity contribution in [1.29, 1.82) is 0 Å². The highest BCUT2D eigenvalue weighted by Gasteiger charge is 2.26. The number of carbonyl (C=O) groups is 5. The van der Waals surface area contributed by atoms with E-state index in [2.05, 4.69) is 26.6 Å². The third kappa shape index (κ3) is 23.6. The predicted molar refractivity (Wildman–Crippen MR) is 195 cm³/mol. The Morgan fingerprint density at radius 2 is 1.35 bits per heavy atom. The van der Waals surface area contributed by atoms with Gasteiger partial charge in [0.2, 0.25) is 17.7 Å². The van der Waals surface area contributed by atoms with Crippen LogP contribution in [0.1, 0.15) is 45.1 Å². The molecule has 0 aliphatic carbocycles. The number of amides is 5. The van der Waals surface area contributed by atoms with E-state index in [1.54, 1.807) is 38.1 Å². The topological polar surface area (TPSA) is 218 Å². The number of nitrogens with one attached hydrogen (secondary N) is 5. The third-order valence-electron chi connectivity index (χ3n) is 7.02. The van der Waals surface area contributed by atoms with Gasteiger partial charge in [0.25, 0.3) is 0 Å². The minimum Gasteiger partial charge on any atom is -0.461 e. The lowest BCUT2D eigenvalue weighted by molar-refractivity contribution is -0.148. The number of anilines is 1. The standard InChI is InChI=1S/C34H58N6O10S/c1-25(2)33(44)50-24-26-7-9-27(10-8-26)38-31(42)28(6-5-13-37-34(35)45)40-32(43)29(12-23-51-4)39-30(41)11-15-46-17-19-48-21-22-49-20-18-47-16-14-36-3/h7-10,25,28-29,36H,5-6,11-24H2,1-4H3,(H,38,42)(H,39,41)(H,40,43)(H3,35,37,45)/t28-,29-/m0/s1. The molecule has 0 fully saturated rings. The van der Waals surface area contributed by atoms with Gasteiger partial charge < -0.3 is 56.0 Å². The number of carbonyl (C=O) groups excluding carboxylic acids is 5. The number of primary amides is 1. The molecule has 2 atom stereocenters. The molecular weight excluding hydrogens is 684 g/mol. The summed E-state index contributed by atoms with van der Waals surface area (Å²) >= 11 is 1.52. The summed E-state index contributed by atoms with van der Waals surface area (Å²) in [7, 11) is 1.86. The predicted octanol–water partition coefficient (Wildman–Crippen LogP) is 1.17. The SMILES string of the molecule is CNCCOCCOCCOCCOCCC(=O)N[C@@H](CCSC)C(=O)N[C@@H](CCCNC(N)=O)C(=O)Nc1ccc(COC(=O)C(C)C)cc1. The number of benzene rings is 1. The van der Waals surface area contributed by atoms with E-state index < -0.39 is 29.9 Å². The molecule has 0 radical (unpaired) electrons. The van der Waals surface area contributed by atoms with Gasteiger partial charge in [-0.2, -0.15) is 11.8 Å². The van der Waals surface area contributed by atoms with Crippen LogP contribution in [0.15, 0.2) is 24.3 Å². The quantitative estimate of drug-likeness (QED) is 0.0484. The van der Waals surface area contributed by atoms with Crippen LogP contribution in [0, 0.1) is 5.92 Å². The van der Waals surface area contributed by atoms with Gasteiger partial charge in [0.1, 0.15) is 18.7 Å². The Morgan fingerprint density at radius 1 is 0.765 bits per heavy atom. The fraction of sp³-hybridized carbons (Fsp3) is 0.676. The van der Waals surface area contributed by atoms with Crippen LogP contribution in [0.3, 0.4) is 0 Å². The second-order valence-electron chi connectivity index (χ2n) is 11.6. The van der Waals surface area contributed by atoms with E-state index in [-0.39, 0.29) is 50.4 Å². The molecular formula is C34H58N6O10S. The third-order valence-corrected chi connectivity index (χ3v) is 7.67. The zero-order chi connectivity index (χ0) is 37.7. The van der Waals surface area contributed by atoms with Gasteiger partial charge in [0, 0.05) is 25.2 Å². The second-order valence-corrected chi connectivity index (χ2v) is 12.6. The van der Waals surface area contributed by atoms with Gasteiger partial charge in [0.05, 0.1) is 58.8 Å². The van der Waals surface area contributed by atoms with Crippen LogP contribution in [0.2, 0.25) is 0 Å². The normalized spacial score (nSPS) is 12.2. The fourth-order valence-corrected chi connectivity index (χ4v) is 4.64. The number of nitrogens with two attached hydrogens (primary N) is 1. The van der Waals surface area contributed by atoms with Crippen molar-refractivity contribution >= 4 is 47.2 Å². The van der Waals surface area contributed by atoms with Crippen LogP contribution in [0.25, 0.3) is 0 Å². The number of ether oxygens (including phenoxy) is 5. The molecule has 0 aromatic heterocycles. The first kappa shape index (κ1) is 45.5. The monoisotopic (exact) mass is 742 g/mol. The molecule has 7 N–H and O–H groups in total. The van der Waals surface area contributed by atoms with Crippen molar-refractivity contribution in [3.05, 3.63) is 29.8 Å². The zero-order valence-electron chi connectivity index (χ0n) is 30.4. The Morgan fingerprint density at radius 3 is 1.92 bits per heavy atom. The van der Waals surface area contributed by atoms with Crippen LogP contribution < -0.4 is 32.3 Å². The minimum atomic E-state index is -0.974. The molecule has 16 nitrogen and oxygen atoms in total. The summed E-state index contributed by atoms with van der Waals surface area (Å²) in [5.41, 5.74) is 6.37. The number of rotatable bonds is 30. The molecule has 5 amide bonds. The lowest BCUT2D eigenvalue weighted by atomic mass is 10.1. The molecule has 1 aromatic rings. The van der Waals surface area contributed by atoms with E-state index >= 15 is 0 Å². The van der Waals surface area contributed by atoms with Gasteiger partial charge in [0.15, 0.2) is 0 Å². The summed E-state index contributed by atoms with van der Waals surface area (Å²) in [5.74, 6) is -1.31. The van der Waals surface area contributed by atoms with Crippen molar-refractivity contribution in [1.82, 2.24) is 21.3 Å². The largest absolute Gasteiger partial charge is 0.461 e. The Labute approximate surface area is 305 Å². The maximum absolute atomic E-state index is 13.4. The molecule has 17 heteroatoms. The zero-order valence-corrected chi connectivity index (χ0v) is 31.2. The van der Waals surface area contributed by atoms with E-state index in [0.29, 0.717) is 70.5 Å². The van der Waals surface area contributed by atoms with Crippen LogP contribution in [-0.2, 0) is 49.5 Å². The van der Waals surface area contributed by atoms with Crippen molar-refractivity contribution in [3.63, 3.8) is 0 Å². The van der Waals surface area contributed by atoms with E-state index in [0.717, 1.165) is 12.1 Å². The molecule has 0 unspecified atom stereocenters. The van der Waals surface area contributed by atoms with Crippen LogP contribution in [0.5, 0.6) is 0 Å². The number of hydrogen-bond donors (Lipinski definition) is 6. The van der Waals surface area contributed by atoms with Crippen LogP contribution in [0.4, 0.5) is 10.5 Å². The summed E-state index contributed by atoms with van der Waals surface area (Å²) in [5, 5.41) is 13.8. The molecule has 1 aromatic carbocycles. The molecule has 0 heterocycles. The number of hydrogen-bond acceptors (Lipinski definition) is 12. The van der Waals surface area contributed by atoms with Crippen LogP contribution in [-0.4, -0.2) is 127 Å². The van der Waals surface area contributed by atoms with Crippen molar-refractivity contribution in [2.24, 2.45) is 11.7 Å². The van der Waals surface area contributed by atoms with Crippen molar-refractivity contribution in [3.8, 4) is 0 Å². The van der Waals surface area contributed by atoms with Gasteiger partial charge in [-0.15, -0.1) is 0 Å². The molecule has 0 bridgehead atoms. The van der Waals surface area contributed by atoms with Gasteiger partial charge in [-0.3, -0.25) is 19.2 Å². The Hall–Kier alpha value is -3.48. The summed E-state index contributed by atoms with van der Waals surface area (Å²) in [6.07, 6.45) is 2.82. The molecule has 0 spiro atoms. The molecule has 0 aliphatic heterocycles. The molecule has 290 valence electrons. The Balaban J connectivity index is 2.60. The van der Waals surface area contributed by atoms with E-state index in [9.17, 15) is 24.0 Å². The van der Waals surface area contributed by atoms with E-state index in [1.165, 1.54) is 11.8 Å². The summed E-state index contributed by atoms with van der Waals surface area (Å²) in [6.45, 7) is 7.89. The van der Waals surface area contributed by atoms with Gasteiger partial charge in [-0.25, -0.2) is 4.79 Å². The molecule has 0 saturated heterocycles. The highest BCUT2D eigenvalue weighted by atomic mass is 32.2. The summed E-state index contributed by atoms with van der Waals surface area (Å²) in [6, 6.07) is 4.23. The van der Waals surface area contributed by atoms with Gasteiger partial charge in [-0.1, -0.05) is 26.0 Å². The number of urea groups is 1. The minimum absolute atomic E-state index is 0.0368. The van der Waals surface area contributed by atoms with Crippen molar-refractivity contribution in [2.45, 2.75) is 58.2 Å². The highest BCUT2D eigenvalue weighted by Crippen LogP contribution is 2.13. The van der Waals surface area contributed by atoms with E-state index in [1.807, 2.05) is 13.3 Å². The van der Waals surface area contributed by atoms with E-state index in [4.69, 9.17) is 29.4 Å². The first-order valence-corrected chi connectivity index (χ1v) is 18.6. The summed E-state index contributed by atoms with van der Waals surface area (Å²) in [4.78, 5) is 62.3. The first-order chi connectivity index (χ1) is 24.6. The molecule has 0 saturated carbocycles. The average molecular weight is 743 g/mol. The highest BCUT2D eigenvalue weighted by molar-refractivity contribution is 7.98. The fourth-order valence-electron chi connectivity index (χ4n) is 4.17. The van der Waals surface area contributed by atoms with Gasteiger partial charge in [-0.05, 0) is 56.0 Å². The van der Waals surface area contributed by atoms with Crippen molar-refractivity contribution in [2.75, 3.05) is 90.3 Å². The number of thioether (sulfide) groups is 1. The lowest BCUT2D eigenvalue weighted by Crippen LogP contribution is -2.53. The lowest BCUT2D eigenvalue weighted by Gasteiger charge is -2.23. The maximum Gasteiger partial charge on any atom is 0.312 e. The Bertz CT molecular complexity index is 1150. The average Bonchev–Trinajstić information content (AvgIpc) is 3.10. The number of likely N-dealkylation sites (N-methyl/N-ethyl adjacent to an activating group) is 1. The van der Waals surface area contributed by atoms with Gasteiger partial charge >= 0.3 is 12.0 Å². The van der Waals surface area contributed by atoms with Crippen molar-refractivity contribution < 1.29 is 47.7 Å². The second kappa shape index (κ2) is 29.1. The van der Waals surface area contributed by atoms with Crippen LogP contribution >= 0.6 is 11.8 Å². The smallest absolute Gasteiger partial charge is 0.312 e. The maximum atomic E-state index is 13.4. The summed E-state index contributed by atoms with van der Waals surface area (Å²) < 4.78 is 27.0. The Kier molecular flexibility index (Phi) is 26.0.